The van der Waals surface area contributed by atoms with E-state index in [1.54, 1.807) is 20.8 Å². The molecule has 3 atom stereocenters. The van der Waals surface area contributed by atoms with Crippen LogP contribution in [0.15, 0.2) is 0 Å². The fraction of sp³-hybridized carbons (Fsp3) is 0.800. The molecule has 0 aromatic carbocycles. The van der Waals surface area contributed by atoms with Crippen molar-refractivity contribution in [3.8, 4) is 0 Å². The molecule has 3 aliphatic rings. The van der Waals surface area contributed by atoms with E-state index in [1.165, 1.54) is 4.90 Å². The van der Waals surface area contributed by atoms with Gasteiger partial charge in [-0.2, -0.15) is 0 Å². The Hall–Kier alpha value is -2.54. The Morgan fingerprint density at radius 3 is 2.26 bits per heavy atom. The van der Waals surface area contributed by atoms with Gasteiger partial charge in [0.1, 0.15) is 12.1 Å². The standard InChI is InChI=1S/C25H41N5O7S/c1-24(2,3)19(28-23(35)29-25(15-38(36)37)11-5-4-6-12-25)22(34)30-13-7-8-17(30)20(32)26-14-18(31)21(33)27-16-9-10-16/h16-17,19H,4-15H2,1-3H3,(H,26,32)(H,27,33)(H,36,37)(H2,28,29,35)/t17-,19+/m0/s1. The van der Waals surface area contributed by atoms with Crippen molar-refractivity contribution >= 4 is 40.6 Å². The van der Waals surface area contributed by atoms with Crippen LogP contribution in [0.1, 0.15) is 78.6 Å². The summed E-state index contributed by atoms with van der Waals surface area (Å²) in [5.74, 6) is -2.50. The van der Waals surface area contributed by atoms with Gasteiger partial charge in [0.15, 0.2) is 11.1 Å². The van der Waals surface area contributed by atoms with Crippen LogP contribution in [0.2, 0.25) is 0 Å². The van der Waals surface area contributed by atoms with E-state index in [0.29, 0.717) is 32.2 Å². The first kappa shape index (κ1) is 30.0. The summed E-state index contributed by atoms with van der Waals surface area (Å²) in [4.78, 5) is 65.0. The van der Waals surface area contributed by atoms with Crippen molar-refractivity contribution in [3.63, 3.8) is 0 Å². The lowest BCUT2D eigenvalue weighted by molar-refractivity contribution is -0.142. The van der Waals surface area contributed by atoms with Crippen LogP contribution >= 0.6 is 0 Å². The Balaban J connectivity index is 1.63. The number of carbonyl (C=O) groups is 5. The monoisotopic (exact) mass is 555 g/mol. The van der Waals surface area contributed by atoms with E-state index < -0.39 is 70.2 Å². The van der Waals surface area contributed by atoms with Gasteiger partial charge >= 0.3 is 6.03 Å². The van der Waals surface area contributed by atoms with E-state index in [4.69, 9.17) is 0 Å². The molecule has 1 saturated heterocycles. The van der Waals surface area contributed by atoms with Gasteiger partial charge < -0.3 is 30.7 Å². The van der Waals surface area contributed by atoms with Gasteiger partial charge in [0.2, 0.25) is 17.6 Å². The molecule has 0 bridgehead atoms. The maximum absolute atomic E-state index is 13.7. The maximum Gasteiger partial charge on any atom is 0.315 e. The quantitative estimate of drug-likeness (QED) is 0.194. The van der Waals surface area contributed by atoms with E-state index in [2.05, 4.69) is 21.3 Å². The van der Waals surface area contributed by atoms with E-state index in [-0.39, 0.29) is 11.8 Å². The number of carbonyl (C=O) groups excluding carboxylic acids is 5. The zero-order chi connectivity index (χ0) is 28.1. The molecule has 2 saturated carbocycles. The second kappa shape index (κ2) is 12.5. The minimum atomic E-state index is -2.09. The van der Waals surface area contributed by atoms with Crippen molar-refractivity contribution in [1.82, 2.24) is 26.2 Å². The molecule has 2 aliphatic carbocycles. The van der Waals surface area contributed by atoms with Gasteiger partial charge in [-0.3, -0.25) is 19.2 Å². The lowest BCUT2D eigenvalue weighted by Gasteiger charge is -2.39. The van der Waals surface area contributed by atoms with Crippen molar-refractivity contribution in [2.45, 2.75) is 102 Å². The third-order valence-corrected chi connectivity index (χ3v) is 8.20. The summed E-state index contributed by atoms with van der Waals surface area (Å²) in [5.41, 5.74) is -1.52. The van der Waals surface area contributed by atoms with Crippen molar-refractivity contribution in [2.75, 3.05) is 18.8 Å². The SMILES string of the molecule is CC(C)(C)[C@H](NC(=O)NC1(CS(=O)O)CCCCC1)C(=O)N1CCC[C@H]1C(=O)NCC(=O)C(=O)NC1CC1. The average Bonchev–Trinajstić information content (AvgIpc) is 3.50. The van der Waals surface area contributed by atoms with E-state index in [1.807, 2.05) is 0 Å². The Kier molecular flexibility index (Phi) is 9.91. The highest BCUT2D eigenvalue weighted by Gasteiger charge is 2.43. The highest BCUT2D eigenvalue weighted by molar-refractivity contribution is 7.79. The molecule has 5 amide bonds. The number of urea groups is 1. The molecule has 214 valence electrons. The highest BCUT2D eigenvalue weighted by atomic mass is 32.2. The van der Waals surface area contributed by atoms with Crippen molar-refractivity contribution in [3.05, 3.63) is 0 Å². The summed E-state index contributed by atoms with van der Waals surface area (Å²) < 4.78 is 21.1. The zero-order valence-corrected chi connectivity index (χ0v) is 23.3. The molecule has 13 heteroatoms. The van der Waals surface area contributed by atoms with Crippen LogP contribution in [0.5, 0.6) is 0 Å². The summed E-state index contributed by atoms with van der Waals surface area (Å²) in [6, 6.07) is -2.36. The van der Waals surface area contributed by atoms with Crippen LogP contribution in [-0.2, 0) is 30.3 Å². The van der Waals surface area contributed by atoms with Gasteiger partial charge in [0, 0.05) is 12.6 Å². The average molecular weight is 556 g/mol. The summed E-state index contributed by atoms with van der Waals surface area (Å²) in [6.45, 7) is 5.27. The number of nitrogens with zero attached hydrogens (tertiary/aromatic N) is 1. The number of nitrogens with one attached hydrogen (secondary N) is 4. The maximum atomic E-state index is 13.7. The molecule has 5 N–H and O–H groups in total. The topological polar surface area (TPSA) is 174 Å². The molecule has 0 aromatic heterocycles. The van der Waals surface area contributed by atoms with E-state index >= 15 is 0 Å². The molecule has 1 heterocycles. The Bertz CT molecular complexity index is 956. The number of hydrogen-bond acceptors (Lipinski definition) is 6. The molecule has 0 spiro atoms. The third-order valence-electron chi connectivity index (χ3n) is 7.41. The number of likely N-dealkylation sites (tertiary alicyclic amines) is 1. The lowest BCUT2D eigenvalue weighted by Crippen LogP contribution is -2.62. The van der Waals surface area contributed by atoms with E-state index in [0.717, 1.165) is 32.1 Å². The fourth-order valence-corrected chi connectivity index (χ4v) is 5.99. The van der Waals surface area contributed by atoms with Crippen LogP contribution in [0.3, 0.4) is 0 Å². The van der Waals surface area contributed by atoms with Gasteiger partial charge in [0.25, 0.3) is 5.91 Å². The molecule has 1 unspecified atom stereocenters. The highest BCUT2D eigenvalue weighted by Crippen LogP contribution is 2.30. The molecule has 0 aromatic rings. The molecule has 38 heavy (non-hydrogen) atoms. The summed E-state index contributed by atoms with van der Waals surface area (Å²) in [5, 5.41) is 10.7. The van der Waals surface area contributed by atoms with Crippen molar-refractivity contribution < 1.29 is 32.7 Å². The summed E-state index contributed by atoms with van der Waals surface area (Å²) in [6.07, 6.45) is 6.45. The first-order valence-corrected chi connectivity index (χ1v) is 14.7. The van der Waals surface area contributed by atoms with Gasteiger partial charge in [-0.1, -0.05) is 40.0 Å². The Morgan fingerprint density at radius 2 is 1.68 bits per heavy atom. The molecule has 3 rings (SSSR count). The van der Waals surface area contributed by atoms with E-state index in [9.17, 15) is 32.7 Å². The molecule has 12 nitrogen and oxygen atoms in total. The van der Waals surface area contributed by atoms with Crippen LogP contribution < -0.4 is 21.3 Å². The largest absolute Gasteiger partial charge is 0.347 e. The third kappa shape index (κ3) is 8.23. The smallest absolute Gasteiger partial charge is 0.315 e. The first-order chi connectivity index (χ1) is 17.8. The van der Waals surface area contributed by atoms with Crippen molar-refractivity contribution in [2.24, 2.45) is 5.41 Å². The van der Waals surface area contributed by atoms with Gasteiger partial charge in [-0.05, 0) is 43.9 Å². The number of rotatable bonds is 10. The molecular weight excluding hydrogens is 514 g/mol. The fourth-order valence-electron chi connectivity index (χ4n) is 5.15. The normalized spacial score (nSPS) is 22.6. The molecular formula is C25H41N5O7S. The first-order valence-electron chi connectivity index (χ1n) is 13.4. The Labute approximate surface area is 226 Å². The predicted octanol–water partition coefficient (Wildman–Crippen LogP) is 0.580. The minimum Gasteiger partial charge on any atom is -0.347 e. The van der Waals surface area contributed by atoms with Crippen LogP contribution in [-0.4, -0.2) is 85.7 Å². The lowest BCUT2D eigenvalue weighted by atomic mass is 9.83. The van der Waals surface area contributed by atoms with Crippen molar-refractivity contribution in [1.29, 1.82) is 0 Å². The summed E-state index contributed by atoms with van der Waals surface area (Å²) >= 11 is -2.09. The number of hydrogen-bond donors (Lipinski definition) is 5. The zero-order valence-electron chi connectivity index (χ0n) is 22.5. The second-order valence-electron chi connectivity index (χ2n) is 11.8. The second-order valence-corrected chi connectivity index (χ2v) is 12.7. The van der Waals surface area contributed by atoms with Gasteiger partial charge in [0.05, 0.1) is 17.8 Å². The Morgan fingerprint density at radius 1 is 1.03 bits per heavy atom. The number of amides is 5. The van der Waals surface area contributed by atoms with Crippen LogP contribution in [0.25, 0.3) is 0 Å². The van der Waals surface area contributed by atoms with Gasteiger partial charge in [-0.15, -0.1) is 0 Å². The van der Waals surface area contributed by atoms with Gasteiger partial charge in [-0.25, -0.2) is 9.00 Å². The number of ketones is 1. The molecule has 3 fully saturated rings. The predicted molar refractivity (Wildman–Crippen MR) is 140 cm³/mol. The number of Topliss-reactive ketones (excluding diaryl/α,β-unsaturated/α-hetero) is 1. The van der Waals surface area contributed by atoms with Crippen LogP contribution in [0.4, 0.5) is 4.79 Å². The van der Waals surface area contributed by atoms with Crippen LogP contribution in [0, 0.1) is 5.41 Å². The molecule has 0 radical (unpaired) electrons. The minimum absolute atomic E-state index is 0.0305. The molecule has 1 aliphatic heterocycles. The summed E-state index contributed by atoms with van der Waals surface area (Å²) in [7, 11) is 0.